The van der Waals surface area contributed by atoms with Gasteiger partial charge < -0.3 is 4.90 Å². The average molecular weight is 357 g/mol. The predicted octanol–water partition coefficient (Wildman–Crippen LogP) is 2.18. The molecule has 0 bridgehead atoms. The minimum absolute atomic E-state index is 0.276. The van der Waals surface area contributed by atoms with Crippen LogP contribution in [-0.2, 0) is 4.79 Å². The molecule has 1 aromatic rings. The SMILES string of the molecule is CCN1C(=O)C2C(N=C3N(c4ccccc4F)C(C)=C(C)N32)N(C)C1=O. The lowest BCUT2D eigenvalue weighted by Gasteiger charge is -2.40. The van der Waals surface area contributed by atoms with Gasteiger partial charge in [0.15, 0.2) is 12.2 Å². The minimum Gasteiger partial charge on any atom is -0.302 e. The van der Waals surface area contributed by atoms with Gasteiger partial charge in [-0.25, -0.2) is 14.2 Å². The van der Waals surface area contributed by atoms with E-state index in [1.165, 1.54) is 15.9 Å². The number of rotatable bonds is 2. The number of guanidine groups is 1. The highest BCUT2D eigenvalue weighted by molar-refractivity contribution is 6.10. The zero-order valence-corrected chi connectivity index (χ0v) is 15.1. The number of nitrogens with zero attached hydrogens (tertiary/aromatic N) is 5. The lowest BCUT2D eigenvalue weighted by molar-refractivity contribution is -0.136. The number of carbonyl (C=O) groups is 2. The first-order valence-electron chi connectivity index (χ1n) is 8.55. The maximum Gasteiger partial charge on any atom is 0.328 e. The van der Waals surface area contributed by atoms with Gasteiger partial charge in [-0.1, -0.05) is 12.1 Å². The molecule has 3 amide bonds. The van der Waals surface area contributed by atoms with Crippen molar-refractivity contribution in [3.8, 4) is 0 Å². The number of imide groups is 1. The van der Waals surface area contributed by atoms with Crippen LogP contribution in [0.2, 0.25) is 0 Å². The van der Waals surface area contributed by atoms with Gasteiger partial charge in [0.25, 0.3) is 5.91 Å². The molecule has 0 N–H and O–H groups in total. The third-order valence-electron chi connectivity index (χ3n) is 5.30. The summed E-state index contributed by atoms with van der Waals surface area (Å²) in [6, 6.07) is 5.47. The molecule has 0 radical (unpaired) electrons. The standard InChI is InChI=1S/C18H20FN5O2/c1-5-22-16(25)14-15(21(4)18(22)26)20-17-23(10(2)11(3)24(14)17)13-9-7-6-8-12(13)19/h6-9,14-15H,5H2,1-4H3. The van der Waals surface area contributed by atoms with Crippen molar-refractivity contribution in [2.45, 2.75) is 33.0 Å². The number of amides is 3. The normalized spacial score (nSPS) is 25.2. The third-order valence-corrected chi connectivity index (χ3v) is 5.30. The van der Waals surface area contributed by atoms with Gasteiger partial charge in [0, 0.05) is 25.0 Å². The molecule has 3 heterocycles. The molecular formula is C18H20FN5O2. The van der Waals surface area contributed by atoms with E-state index in [0.717, 1.165) is 11.4 Å². The highest BCUT2D eigenvalue weighted by Gasteiger charge is 2.55. The summed E-state index contributed by atoms with van der Waals surface area (Å²) in [6.45, 7) is 5.82. The molecule has 1 saturated heterocycles. The Labute approximate surface area is 151 Å². The first-order chi connectivity index (χ1) is 12.4. The number of hydrogen-bond acceptors (Lipinski definition) is 5. The second kappa shape index (κ2) is 5.55. The fourth-order valence-corrected chi connectivity index (χ4v) is 3.83. The highest BCUT2D eigenvalue weighted by Crippen LogP contribution is 2.40. The van der Waals surface area contributed by atoms with E-state index in [2.05, 4.69) is 4.99 Å². The third kappa shape index (κ3) is 1.95. The van der Waals surface area contributed by atoms with E-state index in [1.807, 2.05) is 18.7 Å². The number of para-hydroxylation sites is 1. The van der Waals surface area contributed by atoms with Gasteiger partial charge in [-0.3, -0.25) is 19.5 Å². The van der Waals surface area contributed by atoms with Crippen molar-refractivity contribution in [2.75, 3.05) is 18.5 Å². The lowest BCUT2D eigenvalue weighted by Crippen LogP contribution is -2.64. The molecule has 0 saturated carbocycles. The number of allylic oxidation sites excluding steroid dienone is 2. The zero-order valence-electron chi connectivity index (χ0n) is 15.1. The molecule has 2 unspecified atom stereocenters. The number of hydrogen-bond donors (Lipinski definition) is 0. The smallest absolute Gasteiger partial charge is 0.302 e. The fraction of sp³-hybridized carbons (Fsp3) is 0.389. The van der Waals surface area contributed by atoms with Crippen LogP contribution in [0.25, 0.3) is 0 Å². The van der Waals surface area contributed by atoms with Crippen LogP contribution in [0.15, 0.2) is 40.7 Å². The number of carbonyl (C=O) groups excluding carboxylic acids is 2. The van der Waals surface area contributed by atoms with E-state index >= 15 is 0 Å². The summed E-state index contributed by atoms with van der Waals surface area (Å²) in [5.41, 5.74) is 2.01. The van der Waals surface area contributed by atoms with Crippen LogP contribution in [0, 0.1) is 5.82 Å². The number of benzene rings is 1. The molecule has 7 nitrogen and oxygen atoms in total. The Kier molecular flexibility index (Phi) is 3.54. The monoisotopic (exact) mass is 357 g/mol. The molecule has 4 rings (SSSR count). The Morgan fingerprint density at radius 3 is 2.50 bits per heavy atom. The number of anilines is 1. The highest BCUT2D eigenvalue weighted by atomic mass is 19.1. The molecule has 26 heavy (non-hydrogen) atoms. The Balaban J connectivity index is 1.83. The zero-order chi connectivity index (χ0) is 18.7. The van der Waals surface area contributed by atoms with Crippen LogP contribution in [0.5, 0.6) is 0 Å². The van der Waals surface area contributed by atoms with Crippen molar-refractivity contribution >= 4 is 23.6 Å². The Hall–Kier alpha value is -2.90. The summed E-state index contributed by atoms with van der Waals surface area (Å²) < 4.78 is 14.4. The van der Waals surface area contributed by atoms with Crippen molar-refractivity contribution in [1.29, 1.82) is 0 Å². The summed E-state index contributed by atoms with van der Waals surface area (Å²) in [5.74, 6) is -0.169. The van der Waals surface area contributed by atoms with Gasteiger partial charge >= 0.3 is 6.03 Å². The molecule has 8 heteroatoms. The summed E-state index contributed by atoms with van der Waals surface area (Å²) in [6.07, 6.45) is -0.620. The van der Waals surface area contributed by atoms with Crippen molar-refractivity contribution in [3.05, 3.63) is 41.5 Å². The molecule has 2 atom stereocenters. The molecule has 0 aliphatic carbocycles. The molecule has 1 fully saturated rings. The van der Waals surface area contributed by atoms with Gasteiger partial charge in [0.1, 0.15) is 5.82 Å². The topological polar surface area (TPSA) is 59.5 Å². The first-order valence-corrected chi connectivity index (χ1v) is 8.55. The Morgan fingerprint density at radius 2 is 1.85 bits per heavy atom. The molecule has 136 valence electrons. The van der Waals surface area contributed by atoms with Crippen LogP contribution in [0.4, 0.5) is 14.9 Å². The van der Waals surface area contributed by atoms with E-state index in [9.17, 15) is 14.0 Å². The maximum atomic E-state index is 14.4. The summed E-state index contributed by atoms with van der Waals surface area (Å²) in [7, 11) is 1.64. The molecule has 3 aliphatic rings. The summed E-state index contributed by atoms with van der Waals surface area (Å²) >= 11 is 0. The van der Waals surface area contributed by atoms with Crippen LogP contribution in [0.3, 0.4) is 0 Å². The van der Waals surface area contributed by atoms with Crippen molar-refractivity contribution in [1.82, 2.24) is 14.7 Å². The van der Waals surface area contributed by atoms with Crippen LogP contribution < -0.4 is 4.90 Å². The number of aliphatic imine (C=N–C) groups is 1. The average Bonchev–Trinajstić information content (AvgIpc) is 3.11. The van der Waals surface area contributed by atoms with E-state index in [4.69, 9.17) is 0 Å². The summed E-state index contributed by atoms with van der Waals surface area (Å²) in [5, 5.41) is 0. The van der Waals surface area contributed by atoms with E-state index in [-0.39, 0.29) is 17.8 Å². The van der Waals surface area contributed by atoms with Crippen LogP contribution in [0.1, 0.15) is 20.8 Å². The quantitative estimate of drug-likeness (QED) is 0.814. The lowest BCUT2D eigenvalue weighted by atomic mass is 10.1. The van der Waals surface area contributed by atoms with Crippen molar-refractivity contribution < 1.29 is 14.0 Å². The van der Waals surface area contributed by atoms with E-state index in [1.54, 1.807) is 37.1 Å². The van der Waals surface area contributed by atoms with Crippen molar-refractivity contribution in [2.24, 2.45) is 4.99 Å². The maximum absolute atomic E-state index is 14.4. The predicted molar refractivity (Wildman–Crippen MR) is 94.6 cm³/mol. The number of halogens is 1. The number of urea groups is 1. The Morgan fingerprint density at radius 1 is 1.15 bits per heavy atom. The van der Waals surface area contributed by atoms with Gasteiger partial charge in [0.05, 0.1) is 5.69 Å². The Bertz CT molecular complexity index is 880. The van der Waals surface area contributed by atoms with Crippen LogP contribution in [-0.4, -0.2) is 58.4 Å². The summed E-state index contributed by atoms with van der Waals surface area (Å²) in [4.78, 5) is 36.3. The van der Waals surface area contributed by atoms with Gasteiger partial charge in [-0.2, -0.15) is 0 Å². The number of fused-ring (bicyclic) bond motifs is 3. The molecule has 0 spiro atoms. The second-order valence-electron chi connectivity index (χ2n) is 6.59. The molecule has 3 aliphatic heterocycles. The fourth-order valence-electron chi connectivity index (χ4n) is 3.83. The van der Waals surface area contributed by atoms with Crippen LogP contribution >= 0.6 is 0 Å². The van der Waals surface area contributed by atoms with E-state index < -0.39 is 12.2 Å². The van der Waals surface area contributed by atoms with Gasteiger partial charge in [-0.15, -0.1) is 0 Å². The molecular weight excluding hydrogens is 337 g/mol. The molecule has 1 aromatic carbocycles. The van der Waals surface area contributed by atoms with E-state index in [0.29, 0.717) is 18.2 Å². The minimum atomic E-state index is -0.626. The number of likely N-dealkylation sites (N-methyl/N-ethyl adjacent to an activating group) is 2. The second-order valence-corrected chi connectivity index (χ2v) is 6.59. The van der Waals surface area contributed by atoms with Gasteiger partial charge in [-0.05, 0) is 32.9 Å². The largest absolute Gasteiger partial charge is 0.328 e. The van der Waals surface area contributed by atoms with Gasteiger partial charge in [0.2, 0.25) is 5.96 Å². The molecule has 0 aromatic heterocycles. The van der Waals surface area contributed by atoms with Crippen molar-refractivity contribution in [3.63, 3.8) is 0 Å². The first kappa shape index (κ1) is 16.6.